The number of nitrogens with zero attached hydrogens (tertiary/aromatic N) is 1. The summed E-state index contributed by atoms with van der Waals surface area (Å²) in [4.78, 5) is 2.10. The highest BCUT2D eigenvalue weighted by Crippen LogP contribution is 2.30. The van der Waals surface area contributed by atoms with Gasteiger partial charge in [0.15, 0.2) is 0 Å². The molecule has 0 atom stereocenters. The Balaban J connectivity index is 2.31. The Labute approximate surface area is 108 Å². The van der Waals surface area contributed by atoms with Crippen molar-refractivity contribution in [2.45, 2.75) is 6.92 Å². The van der Waals surface area contributed by atoms with Crippen molar-refractivity contribution in [1.82, 2.24) is 0 Å². The smallest absolute Gasteiger partial charge is 0.144 e. The molecule has 2 aromatic carbocycles. The van der Waals surface area contributed by atoms with E-state index in [1.807, 2.05) is 50.4 Å². The first kappa shape index (κ1) is 12.3. The Bertz CT molecular complexity index is 511. The molecule has 3 heteroatoms. The predicted octanol–water partition coefficient (Wildman–Crippen LogP) is 3.44. The summed E-state index contributed by atoms with van der Waals surface area (Å²) in [6.45, 7) is 2.57. The van der Waals surface area contributed by atoms with Crippen molar-refractivity contribution in [1.29, 1.82) is 0 Å². The van der Waals surface area contributed by atoms with Crippen molar-refractivity contribution < 1.29 is 4.74 Å². The number of ether oxygens (including phenoxy) is 1. The minimum Gasteiger partial charge on any atom is -0.492 e. The topological polar surface area (TPSA) is 38.5 Å². The van der Waals surface area contributed by atoms with Gasteiger partial charge in [0.25, 0.3) is 0 Å². The minimum absolute atomic E-state index is 0.614. The Morgan fingerprint density at radius 3 is 2.44 bits per heavy atom. The molecule has 0 spiro atoms. The lowest BCUT2D eigenvalue weighted by Gasteiger charge is -2.20. The maximum absolute atomic E-state index is 5.87. The van der Waals surface area contributed by atoms with Crippen LogP contribution in [0.15, 0.2) is 48.5 Å². The summed E-state index contributed by atoms with van der Waals surface area (Å²) < 4.78 is 5.51. The van der Waals surface area contributed by atoms with Gasteiger partial charge < -0.3 is 15.4 Å². The molecule has 2 N–H and O–H groups in total. The van der Waals surface area contributed by atoms with Crippen molar-refractivity contribution in [2.75, 3.05) is 24.3 Å². The average Bonchev–Trinajstić information content (AvgIpc) is 2.42. The zero-order valence-electron chi connectivity index (χ0n) is 10.8. The van der Waals surface area contributed by atoms with Gasteiger partial charge in [-0.15, -0.1) is 0 Å². The van der Waals surface area contributed by atoms with Crippen molar-refractivity contribution in [3.05, 3.63) is 48.5 Å². The van der Waals surface area contributed by atoms with Gasteiger partial charge in [-0.3, -0.25) is 0 Å². The van der Waals surface area contributed by atoms with Crippen LogP contribution in [-0.2, 0) is 0 Å². The lowest BCUT2D eigenvalue weighted by atomic mass is 10.2. The first-order valence-corrected chi connectivity index (χ1v) is 6.03. The summed E-state index contributed by atoms with van der Waals surface area (Å²) >= 11 is 0. The van der Waals surface area contributed by atoms with Crippen molar-refractivity contribution in [3.8, 4) is 5.75 Å². The van der Waals surface area contributed by atoms with Crippen molar-refractivity contribution in [2.24, 2.45) is 0 Å². The third kappa shape index (κ3) is 2.56. The molecule has 0 heterocycles. The monoisotopic (exact) mass is 242 g/mol. The SMILES string of the molecule is CCOc1cc(N(C)c2ccccc2)ccc1N. The maximum atomic E-state index is 5.87. The second kappa shape index (κ2) is 5.45. The third-order valence-electron chi connectivity index (χ3n) is 2.83. The fourth-order valence-electron chi connectivity index (χ4n) is 1.81. The molecule has 2 aromatic rings. The van der Waals surface area contributed by atoms with Gasteiger partial charge in [0, 0.05) is 24.5 Å². The van der Waals surface area contributed by atoms with Crippen LogP contribution in [0.1, 0.15) is 6.92 Å². The summed E-state index contributed by atoms with van der Waals surface area (Å²) in [5, 5.41) is 0. The van der Waals surface area contributed by atoms with Crippen LogP contribution < -0.4 is 15.4 Å². The normalized spacial score (nSPS) is 10.1. The number of nitrogen functional groups attached to an aromatic ring is 1. The lowest BCUT2D eigenvalue weighted by Crippen LogP contribution is -2.09. The second-order valence-corrected chi connectivity index (χ2v) is 4.05. The number of benzene rings is 2. The van der Waals surface area contributed by atoms with E-state index < -0.39 is 0 Å². The summed E-state index contributed by atoms with van der Waals surface area (Å²) in [6.07, 6.45) is 0. The minimum atomic E-state index is 0.614. The number of anilines is 3. The Morgan fingerprint density at radius 1 is 1.06 bits per heavy atom. The van der Waals surface area contributed by atoms with Gasteiger partial charge in [-0.25, -0.2) is 0 Å². The van der Waals surface area contributed by atoms with E-state index >= 15 is 0 Å². The van der Waals surface area contributed by atoms with E-state index in [1.165, 1.54) is 0 Å². The van der Waals surface area contributed by atoms with Gasteiger partial charge in [0.2, 0.25) is 0 Å². The predicted molar refractivity (Wildman–Crippen MR) is 76.5 cm³/mol. The number of hydrogen-bond acceptors (Lipinski definition) is 3. The zero-order valence-corrected chi connectivity index (χ0v) is 10.8. The zero-order chi connectivity index (χ0) is 13.0. The Hall–Kier alpha value is -2.16. The van der Waals surface area contributed by atoms with Crippen LogP contribution in [-0.4, -0.2) is 13.7 Å². The second-order valence-electron chi connectivity index (χ2n) is 4.05. The summed E-state index contributed by atoms with van der Waals surface area (Å²) in [5.74, 6) is 0.734. The Morgan fingerprint density at radius 2 is 1.78 bits per heavy atom. The van der Waals surface area contributed by atoms with E-state index in [0.29, 0.717) is 12.3 Å². The number of nitrogens with two attached hydrogens (primary N) is 1. The Kier molecular flexibility index (Phi) is 3.72. The molecular weight excluding hydrogens is 224 g/mol. The molecule has 0 radical (unpaired) electrons. The molecule has 0 saturated carbocycles. The average molecular weight is 242 g/mol. The summed E-state index contributed by atoms with van der Waals surface area (Å²) in [6, 6.07) is 16.0. The fourth-order valence-corrected chi connectivity index (χ4v) is 1.81. The van der Waals surface area contributed by atoms with Gasteiger partial charge in [0.1, 0.15) is 5.75 Å². The molecule has 0 saturated heterocycles. The highest BCUT2D eigenvalue weighted by Gasteiger charge is 2.07. The fraction of sp³-hybridized carbons (Fsp3) is 0.200. The molecule has 94 valence electrons. The van der Waals surface area contributed by atoms with Gasteiger partial charge in [0.05, 0.1) is 12.3 Å². The molecule has 18 heavy (non-hydrogen) atoms. The highest BCUT2D eigenvalue weighted by atomic mass is 16.5. The molecule has 0 aliphatic carbocycles. The molecule has 0 fully saturated rings. The van der Waals surface area contributed by atoms with E-state index in [0.717, 1.165) is 17.1 Å². The van der Waals surface area contributed by atoms with Crippen LogP contribution in [0.3, 0.4) is 0 Å². The molecular formula is C15H18N2O. The molecule has 0 aromatic heterocycles. The van der Waals surface area contributed by atoms with Crippen LogP contribution in [0.25, 0.3) is 0 Å². The van der Waals surface area contributed by atoms with E-state index in [4.69, 9.17) is 10.5 Å². The van der Waals surface area contributed by atoms with Gasteiger partial charge in [-0.2, -0.15) is 0 Å². The summed E-state index contributed by atoms with van der Waals surface area (Å²) in [5.41, 5.74) is 8.72. The largest absolute Gasteiger partial charge is 0.492 e. The van der Waals surface area contributed by atoms with Crippen molar-refractivity contribution in [3.63, 3.8) is 0 Å². The summed E-state index contributed by atoms with van der Waals surface area (Å²) in [7, 11) is 2.02. The van der Waals surface area contributed by atoms with Crippen LogP contribution in [0.4, 0.5) is 17.1 Å². The number of hydrogen-bond donors (Lipinski definition) is 1. The number of para-hydroxylation sites is 1. The molecule has 0 aliphatic heterocycles. The van der Waals surface area contributed by atoms with E-state index in [-0.39, 0.29) is 0 Å². The van der Waals surface area contributed by atoms with Crippen LogP contribution in [0.5, 0.6) is 5.75 Å². The van der Waals surface area contributed by atoms with Crippen LogP contribution in [0, 0.1) is 0 Å². The lowest BCUT2D eigenvalue weighted by molar-refractivity contribution is 0.342. The molecule has 0 unspecified atom stereocenters. The van der Waals surface area contributed by atoms with Gasteiger partial charge in [-0.05, 0) is 31.2 Å². The van der Waals surface area contributed by atoms with Crippen LogP contribution >= 0.6 is 0 Å². The van der Waals surface area contributed by atoms with Gasteiger partial charge >= 0.3 is 0 Å². The van der Waals surface area contributed by atoms with E-state index in [1.54, 1.807) is 0 Å². The van der Waals surface area contributed by atoms with E-state index in [9.17, 15) is 0 Å². The molecule has 0 bridgehead atoms. The molecule has 3 nitrogen and oxygen atoms in total. The van der Waals surface area contributed by atoms with E-state index in [2.05, 4.69) is 17.0 Å². The van der Waals surface area contributed by atoms with Crippen molar-refractivity contribution >= 4 is 17.1 Å². The standard InChI is InChI=1S/C15H18N2O/c1-3-18-15-11-13(9-10-14(15)16)17(2)12-7-5-4-6-8-12/h4-11H,3,16H2,1-2H3. The van der Waals surface area contributed by atoms with Gasteiger partial charge in [-0.1, -0.05) is 18.2 Å². The highest BCUT2D eigenvalue weighted by molar-refractivity contribution is 5.68. The van der Waals surface area contributed by atoms with Crippen LogP contribution in [0.2, 0.25) is 0 Å². The quantitative estimate of drug-likeness (QED) is 0.835. The molecule has 2 rings (SSSR count). The number of rotatable bonds is 4. The molecule has 0 amide bonds. The first-order chi connectivity index (χ1) is 8.72. The molecule has 0 aliphatic rings. The third-order valence-corrected chi connectivity index (χ3v) is 2.83. The maximum Gasteiger partial charge on any atom is 0.144 e. The first-order valence-electron chi connectivity index (χ1n) is 6.03.